The summed E-state index contributed by atoms with van der Waals surface area (Å²) in [6.45, 7) is 11.9. The van der Waals surface area contributed by atoms with Crippen LogP contribution in [0.5, 0.6) is 0 Å². The van der Waals surface area contributed by atoms with Crippen molar-refractivity contribution in [3.05, 3.63) is 0 Å². The first-order chi connectivity index (χ1) is 49.7. The van der Waals surface area contributed by atoms with Crippen molar-refractivity contribution in [1.82, 2.24) is 0 Å². The third-order valence-corrected chi connectivity index (χ3v) is 21.5. The number of aliphatic hydroxyl groups excluding tert-OH is 1. The molecule has 0 radical (unpaired) electrons. The van der Waals surface area contributed by atoms with E-state index in [4.69, 9.17) is 37.0 Å². The fraction of sp³-hybridized carbons (Fsp3) is 0.952. The van der Waals surface area contributed by atoms with E-state index < -0.39 is 97.5 Å². The number of hydrogen-bond donors (Lipinski definition) is 3. The molecule has 0 aromatic carbocycles. The zero-order chi connectivity index (χ0) is 75.8. The summed E-state index contributed by atoms with van der Waals surface area (Å²) in [7, 11) is -9.92. The number of phosphoric ester groups is 2. The minimum Gasteiger partial charge on any atom is -0.462 e. The van der Waals surface area contributed by atoms with Gasteiger partial charge < -0.3 is 33.8 Å². The van der Waals surface area contributed by atoms with Gasteiger partial charge in [0.15, 0.2) is 12.2 Å². The molecule has 5 atom stereocenters. The highest BCUT2D eigenvalue weighted by atomic mass is 31.2. The SMILES string of the molecule is CCCCCCCCCCCCCCCCCCCC(=O)OC[C@H](COP(=O)(O)OC[C@@H](O)COP(=O)(O)OC[C@@H](COC(=O)CCCCCCCCC(C)C)OC(=O)CCCCCCCCCCCCCCCC(C)C)OC(=O)CCCCCCCCCCCCCCCCCCCCC(C)C. The molecule has 19 heteroatoms. The summed E-state index contributed by atoms with van der Waals surface area (Å²) >= 11 is 0. The molecule has 0 rings (SSSR count). The summed E-state index contributed by atoms with van der Waals surface area (Å²) in [5.74, 6) is 0.177. The summed E-state index contributed by atoms with van der Waals surface area (Å²) in [5.41, 5.74) is 0. The number of aliphatic hydroxyl groups is 1. The molecule has 103 heavy (non-hydrogen) atoms. The highest BCUT2D eigenvalue weighted by Gasteiger charge is 2.30. The zero-order valence-corrected chi connectivity index (χ0v) is 69.6. The number of hydrogen-bond acceptors (Lipinski definition) is 15. The smallest absolute Gasteiger partial charge is 0.462 e. The Morgan fingerprint density at radius 2 is 0.447 bits per heavy atom. The molecule has 612 valence electrons. The normalized spacial score (nSPS) is 13.9. The standard InChI is InChI=1S/C84H164O17P2/c1-8-9-10-11-12-13-14-15-16-19-23-28-33-38-43-51-58-65-81(86)94-71-79(100-83(88)67-60-53-44-39-34-29-24-21-18-17-20-22-26-31-36-41-48-55-62-75(2)3)73-98-102(90,91)96-69-78(85)70-97-103(92,93)99-74-80(72-95-82(87)66-59-52-47-46-50-57-64-77(6)7)101-84(89)68-61-54-45-40-35-30-25-27-32-37-42-49-56-63-76(4)5/h75-80,85H,8-74H2,1-7H3,(H,90,91)(H,92,93)/t78-,79-,80-/m1/s1. The highest BCUT2D eigenvalue weighted by Crippen LogP contribution is 2.45. The van der Waals surface area contributed by atoms with Crippen LogP contribution in [-0.2, 0) is 65.4 Å². The predicted octanol–water partition coefficient (Wildman–Crippen LogP) is 25.3. The minimum absolute atomic E-state index is 0.106. The van der Waals surface area contributed by atoms with E-state index in [1.54, 1.807) is 0 Å². The van der Waals surface area contributed by atoms with Crippen molar-refractivity contribution < 1.29 is 80.2 Å². The van der Waals surface area contributed by atoms with Gasteiger partial charge in [-0.3, -0.25) is 37.3 Å². The first-order valence-corrected chi connectivity index (χ1v) is 46.3. The van der Waals surface area contributed by atoms with Gasteiger partial charge in [-0.15, -0.1) is 0 Å². The number of rotatable bonds is 82. The van der Waals surface area contributed by atoms with Gasteiger partial charge in [0.2, 0.25) is 0 Å². The number of carbonyl (C=O) groups excluding carboxylic acids is 4. The molecular weight excluding hydrogens is 1340 g/mol. The highest BCUT2D eigenvalue weighted by molar-refractivity contribution is 7.47. The minimum atomic E-state index is -4.96. The molecule has 0 heterocycles. The van der Waals surface area contributed by atoms with Gasteiger partial charge in [0.1, 0.15) is 19.3 Å². The Morgan fingerprint density at radius 1 is 0.262 bits per heavy atom. The third kappa shape index (κ3) is 78.0. The van der Waals surface area contributed by atoms with Crippen LogP contribution in [-0.4, -0.2) is 96.7 Å². The number of carbonyl (C=O) groups is 4. The van der Waals surface area contributed by atoms with Gasteiger partial charge in [0, 0.05) is 25.7 Å². The second-order valence-corrected chi connectivity index (χ2v) is 34.6. The Balaban J connectivity index is 5.21. The van der Waals surface area contributed by atoms with Crippen LogP contribution in [0.2, 0.25) is 0 Å². The lowest BCUT2D eigenvalue weighted by atomic mass is 10.0. The van der Waals surface area contributed by atoms with Crippen molar-refractivity contribution in [2.24, 2.45) is 17.8 Å². The lowest BCUT2D eigenvalue weighted by Crippen LogP contribution is -2.30. The molecule has 0 aromatic heterocycles. The van der Waals surface area contributed by atoms with Crippen molar-refractivity contribution >= 4 is 39.5 Å². The summed E-state index contributed by atoms with van der Waals surface area (Å²) in [6.07, 6.45) is 64.1. The molecule has 0 aliphatic heterocycles. The average Bonchev–Trinajstić information content (AvgIpc) is 0.922. The maximum Gasteiger partial charge on any atom is 0.472 e. The van der Waals surface area contributed by atoms with Gasteiger partial charge in [-0.05, 0) is 43.4 Å². The fourth-order valence-corrected chi connectivity index (χ4v) is 14.6. The molecule has 0 saturated carbocycles. The molecule has 0 amide bonds. The van der Waals surface area contributed by atoms with Gasteiger partial charge >= 0.3 is 39.5 Å². The average molecular weight is 1510 g/mol. The van der Waals surface area contributed by atoms with E-state index >= 15 is 0 Å². The van der Waals surface area contributed by atoms with E-state index in [9.17, 15) is 43.2 Å². The predicted molar refractivity (Wildman–Crippen MR) is 423 cm³/mol. The molecule has 0 aliphatic rings. The summed E-state index contributed by atoms with van der Waals surface area (Å²) in [6, 6.07) is 0. The maximum absolute atomic E-state index is 13.1. The second kappa shape index (κ2) is 74.2. The summed E-state index contributed by atoms with van der Waals surface area (Å²) < 4.78 is 68.8. The van der Waals surface area contributed by atoms with Crippen LogP contribution >= 0.6 is 15.6 Å². The van der Waals surface area contributed by atoms with E-state index in [1.807, 2.05) is 0 Å². The molecule has 17 nitrogen and oxygen atoms in total. The quantitative estimate of drug-likeness (QED) is 0.0222. The van der Waals surface area contributed by atoms with Crippen LogP contribution in [0, 0.1) is 17.8 Å². The zero-order valence-electron chi connectivity index (χ0n) is 67.8. The van der Waals surface area contributed by atoms with Crippen LogP contribution in [0.25, 0.3) is 0 Å². The monoisotopic (exact) mass is 1510 g/mol. The van der Waals surface area contributed by atoms with Crippen LogP contribution in [0.1, 0.15) is 440 Å². The topological polar surface area (TPSA) is 237 Å². The molecule has 0 aliphatic carbocycles. The van der Waals surface area contributed by atoms with Crippen molar-refractivity contribution in [1.29, 1.82) is 0 Å². The van der Waals surface area contributed by atoms with E-state index in [1.165, 1.54) is 244 Å². The maximum atomic E-state index is 13.1. The Kier molecular flexibility index (Phi) is 72.8. The van der Waals surface area contributed by atoms with E-state index in [2.05, 4.69) is 48.5 Å². The van der Waals surface area contributed by atoms with Gasteiger partial charge in [-0.1, -0.05) is 389 Å². The van der Waals surface area contributed by atoms with E-state index in [0.29, 0.717) is 31.6 Å². The molecule has 0 bridgehead atoms. The first kappa shape index (κ1) is 101. The van der Waals surface area contributed by atoms with Crippen LogP contribution in [0.15, 0.2) is 0 Å². The van der Waals surface area contributed by atoms with Gasteiger partial charge in [0.25, 0.3) is 0 Å². The van der Waals surface area contributed by atoms with Crippen LogP contribution in [0.4, 0.5) is 0 Å². The van der Waals surface area contributed by atoms with E-state index in [-0.39, 0.29) is 25.7 Å². The number of esters is 4. The van der Waals surface area contributed by atoms with Gasteiger partial charge in [-0.25, -0.2) is 9.13 Å². The van der Waals surface area contributed by atoms with Gasteiger partial charge in [-0.2, -0.15) is 0 Å². The Hall–Kier alpha value is -1.94. The molecule has 0 saturated heterocycles. The molecule has 0 aromatic rings. The van der Waals surface area contributed by atoms with E-state index in [0.717, 1.165) is 108 Å². The molecular formula is C84H164O17P2. The lowest BCUT2D eigenvalue weighted by molar-refractivity contribution is -0.161. The summed E-state index contributed by atoms with van der Waals surface area (Å²) in [4.78, 5) is 73.1. The Labute approximate surface area is 632 Å². The Bertz CT molecular complexity index is 1990. The molecule has 0 spiro atoms. The summed E-state index contributed by atoms with van der Waals surface area (Å²) in [5, 5.41) is 10.7. The molecule has 0 fully saturated rings. The number of unbranched alkanes of at least 4 members (excludes halogenated alkanes) is 50. The molecule has 2 unspecified atom stereocenters. The van der Waals surface area contributed by atoms with Crippen LogP contribution in [0.3, 0.4) is 0 Å². The van der Waals surface area contributed by atoms with Crippen LogP contribution < -0.4 is 0 Å². The number of ether oxygens (including phenoxy) is 4. The number of phosphoric acid groups is 2. The first-order valence-electron chi connectivity index (χ1n) is 43.3. The molecule has 3 N–H and O–H groups in total. The lowest BCUT2D eigenvalue weighted by Gasteiger charge is -2.21. The van der Waals surface area contributed by atoms with Crippen molar-refractivity contribution in [3.63, 3.8) is 0 Å². The van der Waals surface area contributed by atoms with Crippen molar-refractivity contribution in [2.75, 3.05) is 39.6 Å². The van der Waals surface area contributed by atoms with Gasteiger partial charge in [0.05, 0.1) is 26.4 Å². The van der Waals surface area contributed by atoms with Crippen molar-refractivity contribution in [2.45, 2.75) is 458 Å². The third-order valence-electron chi connectivity index (χ3n) is 19.6. The fourth-order valence-electron chi connectivity index (χ4n) is 13.0. The Morgan fingerprint density at radius 3 is 0.660 bits per heavy atom. The second-order valence-electron chi connectivity index (χ2n) is 31.6. The van der Waals surface area contributed by atoms with Crippen molar-refractivity contribution in [3.8, 4) is 0 Å². The largest absolute Gasteiger partial charge is 0.472 e.